The maximum atomic E-state index is 11.4. The van der Waals surface area contributed by atoms with Crippen LogP contribution in [0, 0.1) is 0 Å². The van der Waals surface area contributed by atoms with Crippen LogP contribution in [-0.4, -0.2) is 38.9 Å². The summed E-state index contributed by atoms with van der Waals surface area (Å²) in [5, 5.41) is 0.342. The van der Waals surface area contributed by atoms with Gasteiger partial charge in [-0.15, -0.1) is 11.3 Å². The number of thiazole rings is 1. The van der Waals surface area contributed by atoms with Crippen molar-refractivity contribution >= 4 is 42.1 Å². The van der Waals surface area contributed by atoms with Crippen molar-refractivity contribution in [1.82, 2.24) is 4.98 Å². The Morgan fingerprint density at radius 1 is 1.41 bits per heavy atom. The van der Waals surface area contributed by atoms with Gasteiger partial charge in [-0.1, -0.05) is 0 Å². The van der Waals surface area contributed by atoms with Gasteiger partial charge in [-0.25, -0.2) is 21.8 Å². The van der Waals surface area contributed by atoms with Crippen LogP contribution in [0.1, 0.15) is 17.4 Å². The predicted molar refractivity (Wildman–Crippen MR) is 64.4 cm³/mol. The molecule has 0 aliphatic heterocycles. The fraction of sp³-hybridized carbons (Fsp3) is 0.429. The molecule has 0 radical (unpaired) electrons. The Hall–Kier alpha value is -1.00. The smallest absolute Gasteiger partial charge is 0.248 e. The van der Waals surface area contributed by atoms with Crippen LogP contribution in [-0.2, 0) is 19.9 Å². The molecule has 0 aliphatic rings. The summed E-state index contributed by atoms with van der Waals surface area (Å²) >= 11 is 0.914. The van der Waals surface area contributed by atoms with Crippen molar-refractivity contribution in [3.63, 3.8) is 0 Å². The highest BCUT2D eigenvalue weighted by molar-refractivity contribution is 8.08. The third-order valence-electron chi connectivity index (χ3n) is 1.48. The van der Waals surface area contributed by atoms with Crippen molar-refractivity contribution in [2.75, 3.05) is 16.1 Å². The number of carbonyl (C=O) groups is 1. The van der Waals surface area contributed by atoms with Gasteiger partial charge in [0.1, 0.15) is 5.69 Å². The molecule has 10 heteroatoms. The van der Waals surface area contributed by atoms with E-state index in [1.807, 2.05) is 4.72 Å². The molecule has 1 heterocycles. The number of rotatable bonds is 5. The minimum Gasteiger partial charge on any atom is -0.293 e. The number of hydrogen-bond donors (Lipinski definition) is 1. The normalized spacial score (nSPS) is 12.4. The van der Waals surface area contributed by atoms with E-state index in [4.69, 9.17) is 0 Å². The van der Waals surface area contributed by atoms with E-state index >= 15 is 0 Å². The number of carbonyl (C=O) groups excluding carboxylic acids is 1. The molecule has 0 saturated carbocycles. The van der Waals surface area contributed by atoms with Crippen LogP contribution in [0.3, 0.4) is 0 Å². The van der Waals surface area contributed by atoms with Crippen LogP contribution in [0.25, 0.3) is 0 Å². The van der Waals surface area contributed by atoms with Gasteiger partial charge in [0, 0.05) is 18.6 Å². The zero-order valence-electron chi connectivity index (χ0n) is 9.00. The number of Topliss-reactive ketones (excluding diaryl/α,β-unsaturated/α-hetero) is 1. The average molecular weight is 298 g/mol. The van der Waals surface area contributed by atoms with Crippen LogP contribution in [0.5, 0.6) is 0 Å². The molecule has 1 N–H and O–H groups in total. The summed E-state index contributed by atoms with van der Waals surface area (Å²) < 4.78 is 46.5. The highest BCUT2D eigenvalue weighted by Gasteiger charge is 2.19. The third-order valence-corrected chi connectivity index (χ3v) is 5.82. The van der Waals surface area contributed by atoms with E-state index in [1.54, 1.807) is 0 Å². The SMILES string of the molecule is CC(=O)c1csc(NS(=O)(=O)CS(C)(=O)=O)n1. The highest BCUT2D eigenvalue weighted by Crippen LogP contribution is 2.17. The quantitative estimate of drug-likeness (QED) is 0.771. The van der Waals surface area contributed by atoms with Gasteiger partial charge in [0.2, 0.25) is 10.0 Å². The van der Waals surface area contributed by atoms with Gasteiger partial charge in [0.15, 0.2) is 25.8 Å². The lowest BCUT2D eigenvalue weighted by atomic mass is 10.4. The van der Waals surface area contributed by atoms with Gasteiger partial charge in [0.25, 0.3) is 0 Å². The molecular weight excluding hydrogens is 288 g/mol. The number of hydrogen-bond acceptors (Lipinski definition) is 7. The lowest BCUT2D eigenvalue weighted by Gasteiger charge is -2.02. The molecule has 0 saturated heterocycles. The predicted octanol–water partition coefficient (Wildman–Crippen LogP) is 0.0895. The molecule has 7 nitrogen and oxygen atoms in total. The fourth-order valence-electron chi connectivity index (χ4n) is 0.927. The lowest BCUT2D eigenvalue weighted by molar-refractivity contribution is 0.101. The Bertz CT molecular complexity index is 628. The maximum absolute atomic E-state index is 11.4. The van der Waals surface area contributed by atoms with E-state index in [9.17, 15) is 21.6 Å². The van der Waals surface area contributed by atoms with Crippen molar-refractivity contribution in [3.05, 3.63) is 11.1 Å². The van der Waals surface area contributed by atoms with Crippen molar-refractivity contribution in [3.8, 4) is 0 Å². The highest BCUT2D eigenvalue weighted by atomic mass is 32.3. The van der Waals surface area contributed by atoms with Gasteiger partial charge < -0.3 is 0 Å². The van der Waals surface area contributed by atoms with E-state index in [1.165, 1.54) is 12.3 Å². The summed E-state index contributed by atoms with van der Waals surface area (Å²) in [6.45, 7) is 1.30. The molecule has 0 fully saturated rings. The Morgan fingerprint density at radius 3 is 2.41 bits per heavy atom. The second kappa shape index (κ2) is 4.70. The second-order valence-electron chi connectivity index (χ2n) is 3.35. The van der Waals surface area contributed by atoms with Crippen molar-refractivity contribution in [2.45, 2.75) is 6.92 Å². The maximum Gasteiger partial charge on any atom is 0.248 e. The zero-order chi connectivity index (χ0) is 13.3. The molecule has 1 rings (SSSR count). The summed E-state index contributed by atoms with van der Waals surface area (Å²) in [6.07, 6.45) is 0.815. The molecule has 0 spiro atoms. The number of nitrogens with zero attached hydrogens (tertiary/aromatic N) is 1. The zero-order valence-corrected chi connectivity index (χ0v) is 11.4. The van der Waals surface area contributed by atoms with Crippen LogP contribution in [0.15, 0.2) is 5.38 Å². The Labute approximate surface area is 103 Å². The first-order chi connectivity index (χ1) is 7.59. The molecule has 0 atom stereocenters. The van der Waals surface area contributed by atoms with Gasteiger partial charge in [0.05, 0.1) is 0 Å². The Kier molecular flexibility index (Phi) is 3.89. The molecule has 1 aromatic heterocycles. The summed E-state index contributed by atoms with van der Waals surface area (Å²) in [4.78, 5) is 14.6. The van der Waals surface area contributed by atoms with Gasteiger partial charge in [-0.05, 0) is 0 Å². The number of ketones is 1. The molecule has 0 unspecified atom stereocenters. The lowest BCUT2D eigenvalue weighted by Crippen LogP contribution is -2.22. The molecule has 96 valence electrons. The summed E-state index contributed by atoms with van der Waals surface area (Å²) in [5.74, 6) is -0.296. The largest absolute Gasteiger partial charge is 0.293 e. The van der Waals surface area contributed by atoms with E-state index in [0.29, 0.717) is 0 Å². The fourth-order valence-corrected chi connectivity index (χ4v) is 4.90. The number of sulfonamides is 1. The van der Waals surface area contributed by atoms with E-state index in [0.717, 1.165) is 17.6 Å². The monoisotopic (exact) mass is 298 g/mol. The van der Waals surface area contributed by atoms with Crippen LogP contribution in [0.4, 0.5) is 5.13 Å². The topological polar surface area (TPSA) is 110 Å². The molecule has 0 amide bonds. The molecule has 0 aliphatic carbocycles. The summed E-state index contributed by atoms with van der Waals surface area (Å²) in [5.41, 5.74) is 0.132. The van der Waals surface area contributed by atoms with Gasteiger partial charge in [-0.3, -0.25) is 9.52 Å². The standard InChI is InChI=1S/C7H10N2O5S3/c1-5(10)6-3-15-7(8-6)9-17(13,14)4-16(2,11)12/h3H,4H2,1-2H3,(H,8,9). The molecule has 0 aromatic carbocycles. The minimum absolute atomic E-state index is 0.0288. The van der Waals surface area contributed by atoms with Gasteiger partial charge in [-0.2, -0.15) is 0 Å². The number of nitrogens with one attached hydrogen (secondary N) is 1. The van der Waals surface area contributed by atoms with Crippen LogP contribution in [0.2, 0.25) is 0 Å². The van der Waals surface area contributed by atoms with E-state index in [2.05, 4.69) is 4.98 Å². The first-order valence-corrected chi connectivity index (χ1v) is 8.83. The van der Waals surface area contributed by atoms with Gasteiger partial charge >= 0.3 is 0 Å². The van der Waals surface area contributed by atoms with Crippen LogP contribution < -0.4 is 4.72 Å². The second-order valence-corrected chi connectivity index (χ2v) is 8.44. The summed E-state index contributed by atoms with van der Waals surface area (Å²) in [7, 11) is -7.66. The average Bonchev–Trinajstić information content (AvgIpc) is 2.46. The molecule has 17 heavy (non-hydrogen) atoms. The van der Waals surface area contributed by atoms with Crippen molar-refractivity contribution in [1.29, 1.82) is 0 Å². The number of sulfone groups is 1. The summed E-state index contributed by atoms with van der Waals surface area (Å²) in [6, 6.07) is 0. The van der Waals surface area contributed by atoms with Crippen molar-refractivity contribution < 1.29 is 21.6 Å². The molecule has 1 aromatic rings. The van der Waals surface area contributed by atoms with Crippen LogP contribution >= 0.6 is 11.3 Å². The minimum atomic E-state index is -4.01. The van der Waals surface area contributed by atoms with Crippen molar-refractivity contribution in [2.24, 2.45) is 0 Å². The molecular formula is C7H10N2O5S3. The molecule has 0 bridgehead atoms. The van der Waals surface area contributed by atoms with E-state index < -0.39 is 24.9 Å². The third kappa shape index (κ3) is 4.79. The Morgan fingerprint density at radius 2 is 2.00 bits per heavy atom. The number of aromatic nitrogens is 1. The number of anilines is 1. The first kappa shape index (κ1) is 14.1. The Balaban J connectivity index is 2.87. The van der Waals surface area contributed by atoms with E-state index in [-0.39, 0.29) is 16.6 Å². The first-order valence-electron chi connectivity index (χ1n) is 4.24.